The first-order valence-corrected chi connectivity index (χ1v) is 9.33. The first-order chi connectivity index (χ1) is 12.8. The van der Waals surface area contributed by atoms with E-state index >= 15 is 0 Å². The van der Waals surface area contributed by atoms with Crippen LogP contribution >= 0.6 is 0 Å². The molecule has 1 aliphatic rings. The topological polar surface area (TPSA) is 52.6 Å². The number of allylic oxidation sites excluding steroid dienone is 1. The number of aryl methyl sites for hydroxylation is 1. The summed E-state index contributed by atoms with van der Waals surface area (Å²) in [6.07, 6.45) is 2.85. The second-order valence-corrected chi connectivity index (χ2v) is 7.77. The summed E-state index contributed by atoms with van der Waals surface area (Å²) in [4.78, 5) is 14.8. The number of hydrogen-bond donors (Lipinski definition) is 2. The van der Waals surface area contributed by atoms with Crippen LogP contribution in [0, 0.1) is 6.92 Å². The van der Waals surface area contributed by atoms with Crippen molar-refractivity contribution in [3.05, 3.63) is 76.9 Å². The quantitative estimate of drug-likeness (QED) is 0.793. The summed E-state index contributed by atoms with van der Waals surface area (Å²) in [6.45, 7) is 4.66. The van der Waals surface area contributed by atoms with E-state index in [1.165, 1.54) is 5.56 Å². The predicted octanol–water partition coefficient (Wildman–Crippen LogP) is 3.19. The molecule has 27 heavy (non-hydrogen) atoms. The Balaban J connectivity index is 1.60. The highest BCUT2D eigenvalue weighted by Gasteiger charge is 2.44. The standard InChI is InChI=1S/C23H28N2O2/c1-16-12-20(26)11-10-17(16)13-19(25(3)4)15-24-22(27)21-14-23(21,2)18-8-6-5-7-9-18/h5-12,14,19,26H,13,15H2,1-4H3,(H,24,27)/t19-,23-/m0/s1. The molecule has 4 heteroatoms. The van der Waals surface area contributed by atoms with Crippen molar-refractivity contribution in [2.45, 2.75) is 31.7 Å². The zero-order chi connectivity index (χ0) is 19.6. The maximum absolute atomic E-state index is 12.7. The van der Waals surface area contributed by atoms with Crippen molar-refractivity contribution in [3.63, 3.8) is 0 Å². The van der Waals surface area contributed by atoms with E-state index in [1.54, 1.807) is 12.1 Å². The Bertz CT molecular complexity index is 858. The van der Waals surface area contributed by atoms with Gasteiger partial charge in [-0.15, -0.1) is 0 Å². The molecule has 2 N–H and O–H groups in total. The highest BCUT2D eigenvalue weighted by Crippen LogP contribution is 2.46. The number of nitrogens with one attached hydrogen (secondary N) is 1. The van der Waals surface area contributed by atoms with Crippen molar-refractivity contribution in [2.75, 3.05) is 20.6 Å². The van der Waals surface area contributed by atoms with Gasteiger partial charge in [-0.3, -0.25) is 4.79 Å². The van der Waals surface area contributed by atoms with Crippen molar-refractivity contribution >= 4 is 5.91 Å². The zero-order valence-electron chi connectivity index (χ0n) is 16.5. The summed E-state index contributed by atoms with van der Waals surface area (Å²) in [5.41, 5.74) is 3.99. The summed E-state index contributed by atoms with van der Waals surface area (Å²) in [5, 5.41) is 12.7. The van der Waals surface area contributed by atoms with Crippen LogP contribution in [0.25, 0.3) is 0 Å². The number of carbonyl (C=O) groups excluding carboxylic acids is 1. The van der Waals surface area contributed by atoms with Gasteiger partial charge in [0.15, 0.2) is 0 Å². The lowest BCUT2D eigenvalue weighted by molar-refractivity contribution is -0.117. The van der Waals surface area contributed by atoms with Crippen molar-refractivity contribution in [1.82, 2.24) is 10.2 Å². The molecule has 2 aromatic carbocycles. The van der Waals surface area contributed by atoms with Crippen LogP contribution in [0.3, 0.4) is 0 Å². The lowest BCUT2D eigenvalue weighted by Crippen LogP contribution is -2.42. The molecule has 0 saturated heterocycles. The van der Waals surface area contributed by atoms with E-state index in [2.05, 4.69) is 29.3 Å². The third-order valence-electron chi connectivity index (χ3n) is 5.54. The fraction of sp³-hybridized carbons (Fsp3) is 0.348. The average Bonchev–Trinajstić information content (AvgIpc) is 3.34. The van der Waals surface area contributed by atoms with Gasteiger partial charge in [-0.1, -0.05) is 42.5 Å². The molecule has 4 nitrogen and oxygen atoms in total. The number of phenols is 1. The van der Waals surface area contributed by atoms with Crippen molar-refractivity contribution in [2.24, 2.45) is 0 Å². The molecule has 2 aromatic rings. The Morgan fingerprint density at radius 1 is 1.19 bits per heavy atom. The number of likely N-dealkylation sites (N-methyl/N-ethyl adjacent to an activating group) is 1. The van der Waals surface area contributed by atoms with Crippen LogP contribution in [0.2, 0.25) is 0 Å². The van der Waals surface area contributed by atoms with E-state index in [4.69, 9.17) is 0 Å². The molecule has 0 unspecified atom stereocenters. The van der Waals surface area contributed by atoms with E-state index < -0.39 is 0 Å². The van der Waals surface area contributed by atoms with Crippen LogP contribution in [0.15, 0.2) is 60.2 Å². The summed E-state index contributed by atoms with van der Waals surface area (Å²) in [5.74, 6) is 0.294. The Kier molecular flexibility index (Phi) is 5.38. The van der Waals surface area contributed by atoms with Gasteiger partial charge in [0.1, 0.15) is 5.75 Å². The van der Waals surface area contributed by atoms with Crippen LogP contribution in [0.1, 0.15) is 23.6 Å². The monoisotopic (exact) mass is 364 g/mol. The minimum atomic E-state index is -0.244. The molecule has 0 radical (unpaired) electrons. The second kappa shape index (κ2) is 7.57. The van der Waals surface area contributed by atoms with Gasteiger partial charge in [-0.2, -0.15) is 0 Å². The molecule has 142 valence electrons. The lowest BCUT2D eigenvalue weighted by atomic mass is 9.92. The van der Waals surface area contributed by atoms with Gasteiger partial charge in [0.25, 0.3) is 0 Å². The highest BCUT2D eigenvalue weighted by atomic mass is 16.3. The minimum absolute atomic E-state index is 0.00984. The van der Waals surface area contributed by atoms with Crippen LogP contribution in [-0.2, 0) is 16.6 Å². The zero-order valence-corrected chi connectivity index (χ0v) is 16.5. The molecule has 0 spiro atoms. The number of aromatic hydroxyl groups is 1. The fourth-order valence-corrected chi connectivity index (χ4v) is 3.48. The van der Waals surface area contributed by atoms with Crippen molar-refractivity contribution in [1.29, 1.82) is 0 Å². The molecular formula is C23H28N2O2. The molecule has 0 saturated carbocycles. The molecule has 0 aliphatic heterocycles. The number of amides is 1. The summed E-state index contributed by atoms with van der Waals surface area (Å²) in [6, 6.07) is 15.8. The van der Waals surface area contributed by atoms with Gasteiger partial charge in [0.05, 0.1) is 0 Å². The first-order valence-electron chi connectivity index (χ1n) is 9.33. The fourth-order valence-electron chi connectivity index (χ4n) is 3.48. The molecule has 0 fully saturated rings. The van der Waals surface area contributed by atoms with Gasteiger partial charge in [-0.05, 0) is 63.2 Å². The molecule has 1 aliphatic carbocycles. The third-order valence-corrected chi connectivity index (χ3v) is 5.54. The minimum Gasteiger partial charge on any atom is -0.508 e. The maximum atomic E-state index is 12.7. The normalized spacial score (nSPS) is 19.5. The van der Waals surface area contributed by atoms with Gasteiger partial charge in [0.2, 0.25) is 5.91 Å². The number of benzene rings is 2. The summed E-state index contributed by atoms with van der Waals surface area (Å²) >= 11 is 0. The van der Waals surface area contributed by atoms with Gasteiger partial charge in [0, 0.05) is 23.6 Å². The molecule has 1 amide bonds. The number of phenolic OH excluding ortho intramolecular Hbond substituents is 1. The van der Waals surface area contributed by atoms with Crippen LogP contribution in [0.5, 0.6) is 5.75 Å². The van der Waals surface area contributed by atoms with Gasteiger partial charge < -0.3 is 15.3 Å². The Morgan fingerprint density at radius 3 is 2.52 bits per heavy atom. The first kappa shape index (κ1) is 19.2. The largest absolute Gasteiger partial charge is 0.508 e. The van der Waals surface area contributed by atoms with Crippen LogP contribution < -0.4 is 5.32 Å². The Labute approximate surface area is 161 Å². The van der Waals surface area contributed by atoms with Crippen LogP contribution in [-0.4, -0.2) is 42.6 Å². The lowest BCUT2D eigenvalue weighted by Gasteiger charge is -2.25. The maximum Gasteiger partial charge on any atom is 0.248 e. The SMILES string of the molecule is Cc1cc(O)ccc1C[C@@H](CNC(=O)C1=C[C@@]1(C)c1ccccc1)N(C)C. The van der Waals surface area contributed by atoms with Gasteiger partial charge in [-0.25, -0.2) is 0 Å². The molecule has 0 aromatic heterocycles. The Morgan fingerprint density at radius 2 is 1.89 bits per heavy atom. The van der Waals surface area contributed by atoms with E-state index in [1.807, 2.05) is 51.4 Å². The smallest absolute Gasteiger partial charge is 0.248 e. The van der Waals surface area contributed by atoms with E-state index in [0.717, 1.165) is 23.1 Å². The number of nitrogens with zero attached hydrogens (tertiary/aromatic N) is 1. The number of carbonyl (C=O) groups is 1. The molecule has 0 heterocycles. The molecular weight excluding hydrogens is 336 g/mol. The highest BCUT2D eigenvalue weighted by molar-refractivity contribution is 6.02. The Hall–Kier alpha value is -2.59. The summed E-state index contributed by atoms with van der Waals surface area (Å²) < 4.78 is 0. The number of hydrogen-bond acceptors (Lipinski definition) is 3. The van der Waals surface area contributed by atoms with Crippen LogP contribution in [0.4, 0.5) is 0 Å². The predicted molar refractivity (Wildman–Crippen MR) is 109 cm³/mol. The van der Waals surface area contributed by atoms with E-state index in [9.17, 15) is 9.90 Å². The van der Waals surface area contributed by atoms with Crippen molar-refractivity contribution in [3.8, 4) is 5.75 Å². The summed E-state index contributed by atoms with van der Waals surface area (Å²) in [7, 11) is 4.05. The molecule has 2 atom stereocenters. The molecule has 0 bridgehead atoms. The van der Waals surface area contributed by atoms with Gasteiger partial charge >= 0.3 is 0 Å². The van der Waals surface area contributed by atoms with E-state index in [-0.39, 0.29) is 23.1 Å². The third kappa shape index (κ3) is 4.22. The molecule has 3 rings (SSSR count). The van der Waals surface area contributed by atoms with E-state index in [0.29, 0.717) is 6.54 Å². The second-order valence-electron chi connectivity index (χ2n) is 7.77. The number of rotatable bonds is 7. The average molecular weight is 364 g/mol. The van der Waals surface area contributed by atoms with Crippen molar-refractivity contribution < 1.29 is 9.90 Å².